The van der Waals surface area contributed by atoms with E-state index in [1.165, 1.54) is 12.4 Å². The van der Waals surface area contributed by atoms with Gasteiger partial charge in [0, 0.05) is 24.5 Å². The van der Waals surface area contributed by atoms with Crippen LogP contribution in [0.4, 0.5) is 15.0 Å². The van der Waals surface area contributed by atoms with Crippen LogP contribution in [-0.4, -0.2) is 49.5 Å². The molecule has 1 aliphatic carbocycles. The maximum absolute atomic E-state index is 13.9. The molecule has 33 heavy (non-hydrogen) atoms. The van der Waals surface area contributed by atoms with E-state index in [1.54, 1.807) is 16.8 Å². The number of halogens is 1. The Balaban J connectivity index is 1.35. The molecular formula is C23H27FN6O3. The van der Waals surface area contributed by atoms with Gasteiger partial charge in [-0.15, -0.1) is 0 Å². The van der Waals surface area contributed by atoms with Crippen molar-refractivity contribution in [2.75, 3.05) is 11.4 Å². The van der Waals surface area contributed by atoms with Crippen LogP contribution in [0.5, 0.6) is 5.75 Å². The highest BCUT2D eigenvalue weighted by molar-refractivity contribution is 5.73. The highest BCUT2D eigenvalue weighted by Gasteiger charge is 2.30. The number of nitrogens with zero attached hydrogens (tertiary/aromatic N) is 5. The smallest absolute Gasteiger partial charge is 0.405 e. The fraction of sp³-hybridized carbons (Fsp3) is 0.478. The summed E-state index contributed by atoms with van der Waals surface area (Å²) in [6, 6.07) is 3.36. The zero-order valence-electron chi connectivity index (χ0n) is 18.4. The molecule has 0 aromatic carbocycles. The third-order valence-electron chi connectivity index (χ3n) is 6.54. The number of pyridine rings is 1. The first kappa shape index (κ1) is 21.6. The minimum absolute atomic E-state index is 0.0141. The van der Waals surface area contributed by atoms with E-state index in [0.29, 0.717) is 24.3 Å². The van der Waals surface area contributed by atoms with Crippen LogP contribution in [-0.2, 0) is 0 Å². The molecule has 0 unspecified atom stereocenters. The van der Waals surface area contributed by atoms with Crippen LogP contribution in [0.3, 0.4) is 0 Å². The lowest BCUT2D eigenvalue weighted by Gasteiger charge is -2.27. The van der Waals surface area contributed by atoms with E-state index in [4.69, 9.17) is 9.72 Å². The van der Waals surface area contributed by atoms with Crippen molar-refractivity contribution in [3.05, 3.63) is 47.8 Å². The largest absolute Gasteiger partial charge is 0.413 e. The lowest BCUT2D eigenvalue weighted by atomic mass is 9.93. The van der Waals surface area contributed by atoms with Crippen molar-refractivity contribution in [1.82, 2.24) is 24.9 Å². The van der Waals surface area contributed by atoms with Crippen molar-refractivity contribution in [1.29, 1.82) is 0 Å². The topological polar surface area (TPSA) is 105 Å². The molecule has 4 heterocycles. The Morgan fingerprint density at radius 2 is 2.06 bits per heavy atom. The number of aromatic nitrogens is 4. The van der Waals surface area contributed by atoms with Gasteiger partial charge < -0.3 is 20.1 Å². The number of aliphatic hydroxyl groups excluding tert-OH is 1. The monoisotopic (exact) mass is 454 g/mol. The van der Waals surface area contributed by atoms with Crippen molar-refractivity contribution in [2.24, 2.45) is 0 Å². The molecule has 1 aliphatic heterocycles. The third kappa shape index (κ3) is 4.47. The first-order valence-corrected chi connectivity index (χ1v) is 11.4. The molecule has 3 aromatic heterocycles. The number of rotatable bonds is 4. The number of hydrogen-bond acceptors (Lipinski definition) is 7. The minimum atomic E-state index is -0.556. The van der Waals surface area contributed by atoms with Crippen LogP contribution >= 0.6 is 0 Å². The normalized spacial score (nSPS) is 23.1. The van der Waals surface area contributed by atoms with Crippen LogP contribution in [0.25, 0.3) is 5.65 Å². The predicted molar refractivity (Wildman–Crippen MR) is 119 cm³/mol. The van der Waals surface area contributed by atoms with E-state index < -0.39 is 6.09 Å². The second-order valence-electron chi connectivity index (χ2n) is 8.78. The second-order valence-corrected chi connectivity index (χ2v) is 8.78. The molecule has 2 fully saturated rings. The van der Waals surface area contributed by atoms with E-state index in [9.17, 15) is 14.3 Å². The molecule has 0 spiro atoms. The van der Waals surface area contributed by atoms with Crippen LogP contribution in [0.1, 0.15) is 55.8 Å². The summed E-state index contributed by atoms with van der Waals surface area (Å²) in [4.78, 5) is 23.5. The van der Waals surface area contributed by atoms with Crippen molar-refractivity contribution in [2.45, 2.75) is 63.6 Å². The number of carbonyl (C=O) groups excluding carboxylic acids is 1. The summed E-state index contributed by atoms with van der Waals surface area (Å²) in [5.41, 5.74) is 2.09. The standard InChI is InChI=1S/C23H27FN6O3/c1-14-18(11-15(24)12-25-14)19-3-2-9-29(19)21-8-10-30-22(28-21)20(13-26-30)33-23(32)27-16-4-6-17(31)7-5-16/h8,10-13,16-17,19,31H,2-7,9H2,1H3,(H,27,32)/t16?,17?,19-/m1/s1. The van der Waals surface area contributed by atoms with Crippen LogP contribution in [0.2, 0.25) is 0 Å². The van der Waals surface area contributed by atoms with Gasteiger partial charge in [-0.2, -0.15) is 5.10 Å². The number of amides is 1. The molecule has 10 heteroatoms. The number of fused-ring (bicyclic) bond motifs is 1. The van der Waals surface area contributed by atoms with Gasteiger partial charge in [0.2, 0.25) is 5.65 Å². The third-order valence-corrected chi connectivity index (χ3v) is 6.54. The molecule has 174 valence electrons. The highest BCUT2D eigenvalue weighted by atomic mass is 19.1. The molecule has 2 N–H and O–H groups in total. The Bertz CT molecular complexity index is 1160. The van der Waals surface area contributed by atoms with Gasteiger partial charge >= 0.3 is 6.09 Å². The van der Waals surface area contributed by atoms with E-state index in [1.807, 2.05) is 13.0 Å². The summed E-state index contributed by atoms with van der Waals surface area (Å²) in [7, 11) is 0. The number of anilines is 1. The molecule has 1 amide bonds. The zero-order valence-corrected chi connectivity index (χ0v) is 18.4. The van der Waals surface area contributed by atoms with E-state index in [2.05, 4.69) is 20.3 Å². The molecule has 3 aromatic rings. The number of hydrogen-bond donors (Lipinski definition) is 2. The summed E-state index contributed by atoms with van der Waals surface area (Å²) in [6.45, 7) is 2.67. The summed E-state index contributed by atoms with van der Waals surface area (Å²) in [6.07, 6.45) is 8.24. The van der Waals surface area contributed by atoms with Crippen LogP contribution in [0.15, 0.2) is 30.7 Å². The summed E-state index contributed by atoms with van der Waals surface area (Å²) in [5, 5.41) is 16.7. The van der Waals surface area contributed by atoms with Crippen molar-refractivity contribution >= 4 is 17.6 Å². The molecule has 2 aliphatic rings. The maximum atomic E-state index is 13.9. The van der Waals surface area contributed by atoms with Gasteiger partial charge in [0.05, 0.1) is 24.5 Å². The van der Waals surface area contributed by atoms with Gasteiger partial charge in [-0.25, -0.2) is 18.7 Å². The SMILES string of the molecule is Cc1ncc(F)cc1[C@H]1CCCN1c1ccn2ncc(OC(=O)NC3CCC(O)CC3)c2n1. The number of aliphatic hydroxyl groups is 1. The molecule has 1 atom stereocenters. The van der Waals surface area contributed by atoms with Crippen LogP contribution in [0, 0.1) is 12.7 Å². The molecule has 0 radical (unpaired) electrons. The number of carbonyl (C=O) groups is 1. The average Bonchev–Trinajstić information content (AvgIpc) is 3.44. The van der Waals surface area contributed by atoms with Crippen molar-refractivity contribution in [3.63, 3.8) is 0 Å². The van der Waals surface area contributed by atoms with Gasteiger partial charge in [-0.05, 0) is 63.1 Å². The highest BCUT2D eigenvalue weighted by Crippen LogP contribution is 2.37. The first-order chi connectivity index (χ1) is 16.0. The summed E-state index contributed by atoms with van der Waals surface area (Å²) < 4.78 is 21.0. The van der Waals surface area contributed by atoms with Crippen molar-refractivity contribution < 1.29 is 19.0 Å². The maximum Gasteiger partial charge on any atom is 0.413 e. The fourth-order valence-corrected chi connectivity index (χ4v) is 4.81. The van der Waals surface area contributed by atoms with Gasteiger partial charge in [0.25, 0.3) is 0 Å². The Hall–Kier alpha value is -3.27. The quantitative estimate of drug-likeness (QED) is 0.623. The summed E-state index contributed by atoms with van der Waals surface area (Å²) >= 11 is 0. The minimum Gasteiger partial charge on any atom is -0.405 e. The molecular weight excluding hydrogens is 427 g/mol. The Kier molecular flexibility index (Phi) is 5.84. The van der Waals surface area contributed by atoms with E-state index in [0.717, 1.165) is 43.5 Å². The lowest BCUT2D eigenvalue weighted by molar-refractivity contribution is 0.115. The van der Waals surface area contributed by atoms with Gasteiger partial charge in [-0.1, -0.05) is 0 Å². The predicted octanol–water partition coefficient (Wildman–Crippen LogP) is 3.31. The Labute approximate surface area is 190 Å². The first-order valence-electron chi connectivity index (χ1n) is 11.4. The number of ether oxygens (including phenoxy) is 1. The average molecular weight is 455 g/mol. The second kappa shape index (κ2) is 8.93. The molecule has 1 saturated heterocycles. The molecule has 9 nitrogen and oxygen atoms in total. The molecule has 5 rings (SSSR count). The Morgan fingerprint density at radius 3 is 2.88 bits per heavy atom. The zero-order chi connectivity index (χ0) is 22.9. The van der Waals surface area contributed by atoms with Gasteiger partial charge in [0.15, 0.2) is 5.75 Å². The molecule has 0 bridgehead atoms. The summed E-state index contributed by atoms with van der Waals surface area (Å²) in [5.74, 6) is 0.626. The van der Waals surface area contributed by atoms with E-state index >= 15 is 0 Å². The molecule has 1 saturated carbocycles. The van der Waals surface area contributed by atoms with E-state index in [-0.39, 0.29) is 29.8 Å². The fourth-order valence-electron chi connectivity index (χ4n) is 4.81. The van der Waals surface area contributed by atoms with Crippen molar-refractivity contribution in [3.8, 4) is 5.75 Å². The lowest BCUT2D eigenvalue weighted by Crippen LogP contribution is -2.40. The Morgan fingerprint density at radius 1 is 1.24 bits per heavy atom. The van der Waals surface area contributed by atoms with Gasteiger partial charge in [-0.3, -0.25) is 4.98 Å². The number of nitrogens with one attached hydrogen (secondary N) is 1. The van der Waals surface area contributed by atoms with Gasteiger partial charge in [0.1, 0.15) is 11.6 Å². The number of aryl methyl sites for hydroxylation is 1. The van der Waals surface area contributed by atoms with Crippen LogP contribution < -0.4 is 15.0 Å².